The Morgan fingerprint density at radius 3 is 2.48 bits per heavy atom. The van der Waals surface area contributed by atoms with E-state index in [2.05, 4.69) is 33.2 Å². The van der Waals surface area contributed by atoms with E-state index in [9.17, 15) is 9.90 Å². The number of para-hydroxylation sites is 2. The molecule has 0 aliphatic heterocycles. The number of carbonyl (C=O) groups is 1. The molecule has 5 nitrogen and oxygen atoms in total. The number of carboxylic acid groups (broad SMARTS) is 1. The third kappa shape index (κ3) is 4.38. The lowest BCUT2D eigenvalue weighted by Gasteiger charge is -2.14. The van der Waals surface area contributed by atoms with Crippen molar-refractivity contribution >= 4 is 39.4 Å². The molecule has 3 aromatic carbocycles. The molecular formula is C27H24ClN3O2. The van der Waals surface area contributed by atoms with E-state index in [1.165, 1.54) is 0 Å². The normalized spacial score (nSPS) is 12.4. The Bertz CT molecular complexity index is 1440. The molecule has 0 aliphatic rings. The number of benzene rings is 3. The fourth-order valence-electron chi connectivity index (χ4n) is 4.41. The molecule has 166 valence electrons. The Morgan fingerprint density at radius 1 is 0.939 bits per heavy atom. The van der Waals surface area contributed by atoms with Crippen LogP contribution in [0.1, 0.15) is 16.7 Å². The molecule has 0 amide bonds. The minimum absolute atomic E-state index is 0.400. The fraction of sp³-hybridized carbons (Fsp3) is 0.148. The summed E-state index contributed by atoms with van der Waals surface area (Å²) in [5.41, 5.74) is 5.20. The van der Waals surface area contributed by atoms with E-state index < -0.39 is 12.0 Å². The number of rotatable bonds is 8. The quantitative estimate of drug-likeness (QED) is 0.283. The second kappa shape index (κ2) is 9.14. The number of aliphatic carboxylic acids is 1. The van der Waals surface area contributed by atoms with Gasteiger partial charge < -0.3 is 14.7 Å². The number of carboxylic acids is 1. The highest BCUT2D eigenvalue weighted by Gasteiger charge is 2.20. The predicted octanol–water partition coefficient (Wildman–Crippen LogP) is 5.61. The number of hydrogen-bond donors (Lipinski definition) is 3. The van der Waals surface area contributed by atoms with Crippen LogP contribution in [0.15, 0.2) is 85.2 Å². The van der Waals surface area contributed by atoms with E-state index >= 15 is 0 Å². The lowest BCUT2D eigenvalue weighted by molar-refractivity contribution is -0.139. The molecule has 0 saturated carbocycles. The Hall–Kier alpha value is -3.54. The lowest BCUT2D eigenvalue weighted by atomic mass is 10.0. The molecule has 5 aromatic rings. The standard InChI is InChI=1S/C27H24ClN3O2/c28-23-10-4-1-7-18(23)16-31-17-20(22-9-3-6-12-26(22)31)15-30-25(27(32)33)13-19-14-29-24-11-5-2-8-21(19)24/h1-12,14,17,25,29-30H,13,15-16H2,(H,32,33). The van der Waals surface area contributed by atoms with Gasteiger partial charge in [-0.25, -0.2) is 0 Å². The van der Waals surface area contributed by atoms with Crippen molar-refractivity contribution in [2.45, 2.75) is 25.6 Å². The van der Waals surface area contributed by atoms with E-state index in [0.717, 1.165) is 43.5 Å². The van der Waals surface area contributed by atoms with Crippen LogP contribution in [0.3, 0.4) is 0 Å². The van der Waals surface area contributed by atoms with Crippen LogP contribution in [0.5, 0.6) is 0 Å². The van der Waals surface area contributed by atoms with E-state index in [1.54, 1.807) is 0 Å². The zero-order valence-corrected chi connectivity index (χ0v) is 18.7. The average Bonchev–Trinajstić information content (AvgIpc) is 3.39. The molecule has 0 saturated heterocycles. The van der Waals surface area contributed by atoms with Gasteiger partial charge in [0.15, 0.2) is 0 Å². The highest BCUT2D eigenvalue weighted by molar-refractivity contribution is 6.31. The van der Waals surface area contributed by atoms with Gasteiger partial charge in [-0.05, 0) is 34.9 Å². The maximum atomic E-state index is 12.0. The first-order valence-electron chi connectivity index (χ1n) is 10.9. The van der Waals surface area contributed by atoms with Crippen molar-refractivity contribution in [1.29, 1.82) is 0 Å². The molecule has 1 unspecified atom stereocenters. The maximum Gasteiger partial charge on any atom is 0.321 e. The van der Waals surface area contributed by atoms with Crippen LogP contribution < -0.4 is 5.32 Å². The molecule has 0 fully saturated rings. The Labute approximate surface area is 196 Å². The van der Waals surface area contributed by atoms with E-state index in [0.29, 0.717) is 19.5 Å². The van der Waals surface area contributed by atoms with Gasteiger partial charge in [0.1, 0.15) is 6.04 Å². The first kappa shape index (κ1) is 21.3. The number of nitrogens with one attached hydrogen (secondary N) is 2. The van der Waals surface area contributed by atoms with Gasteiger partial charge in [0.2, 0.25) is 0 Å². The number of aromatic nitrogens is 2. The topological polar surface area (TPSA) is 70.0 Å². The summed E-state index contributed by atoms with van der Waals surface area (Å²) in [4.78, 5) is 15.3. The van der Waals surface area contributed by atoms with E-state index in [4.69, 9.17) is 11.6 Å². The van der Waals surface area contributed by atoms with Gasteiger partial charge in [0.05, 0.1) is 0 Å². The molecule has 33 heavy (non-hydrogen) atoms. The van der Waals surface area contributed by atoms with Crippen molar-refractivity contribution in [3.8, 4) is 0 Å². The summed E-state index contributed by atoms with van der Waals surface area (Å²) in [5.74, 6) is -0.861. The highest BCUT2D eigenvalue weighted by Crippen LogP contribution is 2.25. The van der Waals surface area contributed by atoms with E-state index in [-0.39, 0.29) is 0 Å². The molecule has 0 aliphatic carbocycles. The number of halogens is 1. The maximum absolute atomic E-state index is 12.0. The second-order valence-corrected chi connectivity index (χ2v) is 8.63. The van der Waals surface area contributed by atoms with Gasteiger partial charge in [0, 0.05) is 58.7 Å². The van der Waals surface area contributed by atoms with Crippen LogP contribution in [-0.2, 0) is 24.3 Å². The summed E-state index contributed by atoms with van der Waals surface area (Å²) >= 11 is 6.39. The van der Waals surface area contributed by atoms with Crippen LogP contribution in [0.2, 0.25) is 5.02 Å². The third-order valence-electron chi connectivity index (χ3n) is 6.11. The third-order valence-corrected chi connectivity index (χ3v) is 6.47. The van der Waals surface area contributed by atoms with Crippen molar-refractivity contribution in [2.24, 2.45) is 0 Å². The van der Waals surface area contributed by atoms with Crippen molar-refractivity contribution in [3.05, 3.63) is 107 Å². The minimum atomic E-state index is -0.861. The summed E-state index contributed by atoms with van der Waals surface area (Å²) in [7, 11) is 0. The number of fused-ring (bicyclic) bond motifs is 2. The molecular weight excluding hydrogens is 434 g/mol. The van der Waals surface area contributed by atoms with Crippen LogP contribution in [0.4, 0.5) is 0 Å². The lowest BCUT2D eigenvalue weighted by Crippen LogP contribution is -2.38. The minimum Gasteiger partial charge on any atom is -0.480 e. The molecule has 1 atom stereocenters. The highest BCUT2D eigenvalue weighted by atomic mass is 35.5. The Kier molecular flexibility index (Phi) is 5.90. The largest absolute Gasteiger partial charge is 0.480 e. The molecule has 5 rings (SSSR count). The van der Waals surface area contributed by atoms with E-state index in [1.807, 2.05) is 66.9 Å². The average molecular weight is 458 g/mol. The monoisotopic (exact) mass is 457 g/mol. The van der Waals surface area contributed by atoms with Crippen LogP contribution in [-0.4, -0.2) is 26.7 Å². The summed E-state index contributed by atoms with van der Waals surface area (Å²) in [6, 6.07) is 23.3. The number of aromatic amines is 1. The molecule has 3 N–H and O–H groups in total. The summed E-state index contributed by atoms with van der Waals surface area (Å²) in [6.45, 7) is 1.10. The molecule has 2 heterocycles. The molecule has 0 radical (unpaired) electrons. The van der Waals surface area contributed by atoms with Gasteiger partial charge >= 0.3 is 5.97 Å². The van der Waals surface area contributed by atoms with Gasteiger partial charge in [-0.1, -0.05) is 66.2 Å². The van der Waals surface area contributed by atoms with Crippen molar-refractivity contribution in [1.82, 2.24) is 14.9 Å². The van der Waals surface area contributed by atoms with Crippen molar-refractivity contribution in [3.63, 3.8) is 0 Å². The van der Waals surface area contributed by atoms with Gasteiger partial charge in [-0.15, -0.1) is 0 Å². The summed E-state index contributed by atoms with van der Waals surface area (Å²) in [6.07, 6.45) is 4.39. The van der Waals surface area contributed by atoms with Crippen molar-refractivity contribution in [2.75, 3.05) is 0 Å². The fourth-order valence-corrected chi connectivity index (χ4v) is 4.60. The van der Waals surface area contributed by atoms with Crippen LogP contribution in [0.25, 0.3) is 21.8 Å². The zero-order chi connectivity index (χ0) is 22.8. The van der Waals surface area contributed by atoms with Gasteiger partial charge in [0.25, 0.3) is 0 Å². The molecule has 2 aromatic heterocycles. The van der Waals surface area contributed by atoms with Crippen LogP contribution >= 0.6 is 11.6 Å². The Balaban J connectivity index is 1.39. The number of H-pyrrole nitrogens is 1. The number of hydrogen-bond acceptors (Lipinski definition) is 2. The zero-order valence-electron chi connectivity index (χ0n) is 18.0. The predicted molar refractivity (Wildman–Crippen MR) is 133 cm³/mol. The first-order valence-corrected chi connectivity index (χ1v) is 11.3. The second-order valence-electron chi connectivity index (χ2n) is 8.23. The number of nitrogens with zero attached hydrogens (tertiary/aromatic N) is 1. The first-order chi connectivity index (χ1) is 16.1. The van der Waals surface area contributed by atoms with Crippen LogP contribution in [0, 0.1) is 0 Å². The smallest absolute Gasteiger partial charge is 0.321 e. The summed E-state index contributed by atoms with van der Waals surface area (Å²) < 4.78 is 2.17. The molecule has 0 spiro atoms. The van der Waals surface area contributed by atoms with Gasteiger partial charge in [-0.2, -0.15) is 0 Å². The van der Waals surface area contributed by atoms with Crippen molar-refractivity contribution < 1.29 is 9.90 Å². The Morgan fingerprint density at radius 2 is 1.67 bits per heavy atom. The molecule has 6 heteroatoms. The SMILES string of the molecule is O=C(O)C(Cc1c[nH]c2ccccc12)NCc1cn(Cc2ccccc2Cl)c2ccccc12. The summed E-state index contributed by atoms with van der Waals surface area (Å²) in [5, 5.41) is 16.0. The van der Waals surface area contributed by atoms with Gasteiger partial charge in [-0.3, -0.25) is 10.1 Å². The molecule has 0 bridgehead atoms.